The Morgan fingerprint density at radius 3 is 2.95 bits per heavy atom. The molecule has 0 saturated heterocycles. The van der Waals surface area contributed by atoms with Crippen LogP contribution in [0.5, 0.6) is 11.5 Å². The molecule has 0 fully saturated rings. The normalized spacial score (nSPS) is 12.5. The number of fused-ring (bicyclic) bond motifs is 2. The van der Waals surface area contributed by atoms with E-state index in [9.17, 15) is 10.1 Å². The number of aromatic amines is 1. The summed E-state index contributed by atoms with van der Waals surface area (Å²) >= 11 is 0. The fourth-order valence-corrected chi connectivity index (χ4v) is 2.49. The average Bonchev–Trinajstić information content (AvgIpc) is 3.10. The minimum atomic E-state index is -0.276. The summed E-state index contributed by atoms with van der Waals surface area (Å²) in [5, 5.41) is 12.1. The summed E-state index contributed by atoms with van der Waals surface area (Å²) in [6.45, 7) is 1.91. The topological polar surface area (TPSA) is 92.4 Å². The molecule has 0 radical (unpaired) electrons. The van der Waals surface area contributed by atoms with Gasteiger partial charge in [0.05, 0.1) is 11.4 Å². The van der Waals surface area contributed by atoms with Crippen LogP contribution >= 0.6 is 0 Å². The molecular formula is C15H10N4O3. The van der Waals surface area contributed by atoms with Gasteiger partial charge in [0.25, 0.3) is 5.56 Å². The molecule has 7 heteroatoms. The number of nitrogens with zero attached hydrogens (tertiary/aromatic N) is 3. The van der Waals surface area contributed by atoms with E-state index in [1.165, 1.54) is 10.6 Å². The van der Waals surface area contributed by atoms with Crippen molar-refractivity contribution in [3.63, 3.8) is 0 Å². The van der Waals surface area contributed by atoms with Gasteiger partial charge in [0.2, 0.25) is 6.79 Å². The molecule has 0 amide bonds. The number of benzene rings is 1. The third kappa shape index (κ3) is 1.67. The van der Waals surface area contributed by atoms with E-state index >= 15 is 0 Å². The summed E-state index contributed by atoms with van der Waals surface area (Å²) in [5.74, 6) is 1.28. The Morgan fingerprint density at radius 2 is 2.14 bits per heavy atom. The van der Waals surface area contributed by atoms with E-state index in [2.05, 4.69) is 16.2 Å². The fourth-order valence-electron chi connectivity index (χ4n) is 2.49. The number of aryl methyl sites for hydroxylation is 1. The summed E-state index contributed by atoms with van der Waals surface area (Å²) in [7, 11) is 0. The standard InChI is InChI=1S/C15H10N4O3/c1-8-10(6-16)15-17-11(5-14(20)19(15)18-8)9-2-3-12-13(4-9)22-7-21-12/h2-5,18H,7H2,1H3. The van der Waals surface area contributed by atoms with Gasteiger partial charge in [0, 0.05) is 11.6 Å². The summed E-state index contributed by atoms with van der Waals surface area (Å²) < 4.78 is 11.9. The molecule has 1 N–H and O–H groups in total. The van der Waals surface area contributed by atoms with E-state index in [1.807, 2.05) is 0 Å². The third-order valence-electron chi connectivity index (χ3n) is 3.58. The Hall–Kier alpha value is -3.27. The lowest BCUT2D eigenvalue weighted by Gasteiger charge is -2.03. The Balaban J connectivity index is 1.96. The van der Waals surface area contributed by atoms with E-state index < -0.39 is 0 Å². The van der Waals surface area contributed by atoms with Crippen molar-refractivity contribution in [1.29, 1.82) is 5.26 Å². The van der Waals surface area contributed by atoms with Crippen LogP contribution in [0.1, 0.15) is 11.3 Å². The molecule has 0 aliphatic carbocycles. The molecule has 4 rings (SSSR count). The van der Waals surface area contributed by atoms with Crippen LogP contribution in [0.15, 0.2) is 29.1 Å². The van der Waals surface area contributed by atoms with Crippen molar-refractivity contribution in [2.75, 3.05) is 6.79 Å². The molecule has 0 atom stereocenters. The van der Waals surface area contributed by atoms with Crippen LogP contribution in [0.2, 0.25) is 0 Å². The second-order valence-electron chi connectivity index (χ2n) is 4.93. The lowest BCUT2D eigenvalue weighted by Crippen LogP contribution is -2.14. The van der Waals surface area contributed by atoms with Crippen LogP contribution in [0, 0.1) is 18.3 Å². The van der Waals surface area contributed by atoms with Crippen molar-refractivity contribution in [1.82, 2.24) is 14.6 Å². The summed E-state index contributed by atoms with van der Waals surface area (Å²) in [5.41, 5.74) is 2.22. The van der Waals surface area contributed by atoms with E-state index in [0.717, 1.165) is 5.56 Å². The number of H-pyrrole nitrogens is 1. The number of nitriles is 1. The van der Waals surface area contributed by atoms with Gasteiger partial charge < -0.3 is 9.47 Å². The van der Waals surface area contributed by atoms with Gasteiger partial charge >= 0.3 is 0 Å². The molecule has 0 spiro atoms. The maximum absolute atomic E-state index is 12.2. The highest BCUT2D eigenvalue weighted by Crippen LogP contribution is 2.35. The molecule has 0 saturated carbocycles. The third-order valence-corrected chi connectivity index (χ3v) is 3.58. The second-order valence-corrected chi connectivity index (χ2v) is 4.93. The second kappa shape index (κ2) is 4.36. The maximum Gasteiger partial charge on any atom is 0.273 e. The van der Waals surface area contributed by atoms with Crippen LogP contribution in [-0.4, -0.2) is 21.4 Å². The smallest absolute Gasteiger partial charge is 0.273 e. The van der Waals surface area contributed by atoms with Crippen LogP contribution in [0.3, 0.4) is 0 Å². The molecule has 1 aliphatic rings. The molecule has 1 aliphatic heterocycles. The van der Waals surface area contributed by atoms with Crippen LogP contribution in [0.25, 0.3) is 16.9 Å². The maximum atomic E-state index is 12.2. The number of hydrogen-bond acceptors (Lipinski definition) is 5. The quantitative estimate of drug-likeness (QED) is 0.736. The van der Waals surface area contributed by atoms with Crippen molar-refractivity contribution < 1.29 is 9.47 Å². The number of hydrogen-bond donors (Lipinski definition) is 1. The van der Waals surface area contributed by atoms with E-state index in [-0.39, 0.29) is 12.4 Å². The van der Waals surface area contributed by atoms with Crippen LogP contribution in [-0.2, 0) is 0 Å². The zero-order valence-corrected chi connectivity index (χ0v) is 11.6. The predicted molar refractivity (Wildman–Crippen MR) is 76.8 cm³/mol. The Kier molecular flexibility index (Phi) is 2.47. The fraction of sp³-hybridized carbons (Fsp3) is 0.133. The van der Waals surface area contributed by atoms with Crippen molar-refractivity contribution >= 4 is 5.65 Å². The first-order chi connectivity index (χ1) is 10.7. The van der Waals surface area contributed by atoms with Crippen LogP contribution in [0.4, 0.5) is 0 Å². The van der Waals surface area contributed by atoms with Gasteiger partial charge in [-0.15, -0.1) is 0 Å². The molecule has 0 bridgehead atoms. The number of rotatable bonds is 1. The molecule has 3 aromatic rings. The zero-order valence-electron chi connectivity index (χ0n) is 11.6. The van der Waals surface area contributed by atoms with Gasteiger partial charge in [-0.05, 0) is 25.1 Å². The number of ether oxygens (including phenoxy) is 2. The summed E-state index contributed by atoms with van der Waals surface area (Å²) in [6, 6.07) is 8.83. The Labute approximate surface area is 124 Å². The molecule has 3 heterocycles. The SMILES string of the molecule is Cc1[nH]n2c(=O)cc(-c3ccc4c(c3)OCO4)nc2c1C#N. The van der Waals surface area contributed by atoms with Crippen molar-refractivity contribution in [2.24, 2.45) is 0 Å². The first-order valence-electron chi connectivity index (χ1n) is 6.60. The summed E-state index contributed by atoms with van der Waals surface area (Å²) in [6.07, 6.45) is 0. The monoisotopic (exact) mass is 294 g/mol. The molecule has 7 nitrogen and oxygen atoms in total. The highest BCUT2D eigenvalue weighted by molar-refractivity contribution is 5.68. The highest BCUT2D eigenvalue weighted by Gasteiger charge is 2.17. The van der Waals surface area contributed by atoms with Gasteiger partial charge in [-0.25, -0.2) is 9.50 Å². The summed E-state index contributed by atoms with van der Waals surface area (Å²) in [4.78, 5) is 16.7. The first-order valence-corrected chi connectivity index (χ1v) is 6.60. The molecule has 108 valence electrons. The van der Waals surface area contributed by atoms with E-state index in [1.54, 1.807) is 25.1 Å². The number of aromatic nitrogens is 3. The van der Waals surface area contributed by atoms with Gasteiger partial charge in [0.1, 0.15) is 11.6 Å². The highest BCUT2D eigenvalue weighted by atomic mass is 16.7. The van der Waals surface area contributed by atoms with Crippen molar-refractivity contribution in [2.45, 2.75) is 6.92 Å². The Bertz CT molecular complexity index is 1010. The molecule has 1 aromatic carbocycles. The van der Waals surface area contributed by atoms with Gasteiger partial charge in [-0.2, -0.15) is 5.26 Å². The van der Waals surface area contributed by atoms with Gasteiger partial charge in [0.15, 0.2) is 17.1 Å². The average molecular weight is 294 g/mol. The van der Waals surface area contributed by atoms with E-state index in [0.29, 0.717) is 34.1 Å². The molecular weight excluding hydrogens is 284 g/mol. The molecule has 22 heavy (non-hydrogen) atoms. The van der Waals surface area contributed by atoms with Crippen molar-refractivity contribution in [3.8, 4) is 28.8 Å². The van der Waals surface area contributed by atoms with Gasteiger partial charge in [-0.3, -0.25) is 9.89 Å². The lowest BCUT2D eigenvalue weighted by molar-refractivity contribution is 0.174. The zero-order chi connectivity index (χ0) is 15.3. The lowest BCUT2D eigenvalue weighted by atomic mass is 10.1. The van der Waals surface area contributed by atoms with Gasteiger partial charge in [-0.1, -0.05) is 0 Å². The van der Waals surface area contributed by atoms with E-state index in [4.69, 9.17) is 9.47 Å². The number of nitrogens with one attached hydrogen (secondary N) is 1. The largest absolute Gasteiger partial charge is 0.454 e. The molecule has 2 aromatic heterocycles. The Morgan fingerprint density at radius 1 is 1.32 bits per heavy atom. The predicted octanol–water partition coefficient (Wildman–Crippen LogP) is 1.60. The minimum Gasteiger partial charge on any atom is -0.454 e. The minimum absolute atomic E-state index is 0.184. The van der Waals surface area contributed by atoms with Crippen LogP contribution < -0.4 is 15.0 Å². The first kappa shape index (κ1) is 12.5. The van der Waals surface area contributed by atoms with Crippen molar-refractivity contribution in [3.05, 3.63) is 45.9 Å². The molecule has 0 unspecified atom stereocenters.